The third kappa shape index (κ3) is 4.32. The molecule has 1 aromatic carbocycles. The molecule has 0 aliphatic carbocycles. The first-order valence-electron chi connectivity index (χ1n) is 5.49. The second kappa shape index (κ2) is 6.57. The van der Waals surface area contributed by atoms with E-state index < -0.39 is 0 Å². The van der Waals surface area contributed by atoms with Crippen LogP contribution >= 0.6 is 11.6 Å². The number of hydrogen-bond acceptors (Lipinski definition) is 2. The van der Waals surface area contributed by atoms with Gasteiger partial charge in [0.2, 0.25) is 5.91 Å². The van der Waals surface area contributed by atoms with Crippen molar-refractivity contribution in [2.24, 2.45) is 0 Å². The molecule has 1 rings (SSSR count). The van der Waals surface area contributed by atoms with E-state index in [4.69, 9.17) is 11.6 Å². The van der Waals surface area contributed by atoms with Crippen molar-refractivity contribution in [2.75, 3.05) is 6.54 Å². The normalized spacial score (nSPS) is 12.2. The summed E-state index contributed by atoms with van der Waals surface area (Å²) >= 11 is 5.87. The van der Waals surface area contributed by atoms with E-state index in [-0.39, 0.29) is 17.8 Å². The average molecular weight is 259 g/mol. The van der Waals surface area contributed by atoms with Gasteiger partial charge < -0.3 is 10.6 Å². The van der Waals surface area contributed by atoms with E-state index in [1.807, 2.05) is 6.92 Å². The zero-order valence-corrected chi connectivity index (χ0v) is 10.6. The van der Waals surface area contributed by atoms with Crippen LogP contribution < -0.4 is 10.6 Å². The van der Waals surface area contributed by atoms with Gasteiger partial charge in [-0.05, 0) is 31.5 Å². The molecule has 1 aromatic rings. The maximum absolute atomic E-state index is 12.8. The first kappa shape index (κ1) is 13.9. The lowest BCUT2D eigenvalue weighted by molar-refractivity contribution is -0.122. The quantitative estimate of drug-likeness (QED) is 0.849. The van der Waals surface area contributed by atoms with E-state index in [0.29, 0.717) is 18.1 Å². The predicted molar refractivity (Wildman–Crippen MR) is 66.4 cm³/mol. The summed E-state index contributed by atoms with van der Waals surface area (Å²) in [5, 5.41) is 6.10. The molecule has 3 nitrogen and oxygen atoms in total. The van der Waals surface area contributed by atoms with Crippen LogP contribution in [0.4, 0.5) is 4.39 Å². The van der Waals surface area contributed by atoms with Crippen LogP contribution in [0.2, 0.25) is 5.02 Å². The largest absolute Gasteiger partial charge is 0.355 e. The van der Waals surface area contributed by atoms with Gasteiger partial charge in [0.05, 0.1) is 6.04 Å². The van der Waals surface area contributed by atoms with Crippen molar-refractivity contribution in [2.45, 2.75) is 26.4 Å². The van der Waals surface area contributed by atoms with Crippen molar-refractivity contribution in [3.05, 3.63) is 34.6 Å². The van der Waals surface area contributed by atoms with Crippen LogP contribution in [-0.4, -0.2) is 18.5 Å². The molecule has 0 saturated carbocycles. The Kier molecular flexibility index (Phi) is 5.38. The average Bonchev–Trinajstić information content (AvgIpc) is 2.27. The highest BCUT2D eigenvalue weighted by molar-refractivity contribution is 6.31. The molecule has 5 heteroatoms. The summed E-state index contributed by atoms with van der Waals surface area (Å²) in [5.41, 5.74) is 0.768. The van der Waals surface area contributed by atoms with E-state index in [1.165, 1.54) is 12.1 Å². The van der Waals surface area contributed by atoms with Crippen molar-refractivity contribution in [3.63, 3.8) is 0 Å². The van der Waals surface area contributed by atoms with E-state index >= 15 is 0 Å². The van der Waals surface area contributed by atoms with Crippen LogP contribution in [0.15, 0.2) is 18.2 Å². The molecule has 0 fully saturated rings. The smallest absolute Gasteiger partial charge is 0.236 e. The van der Waals surface area contributed by atoms with Crippen molar-refractivity contribution >= 4 is 17.5 Å². The van der Waals surface area contributed by atoms with E-state index in [9.17, 15) is 9.18 Å². The molecule has 0 aliphatic rings. The molecule has 1 atom stereocenters. The third-order valence-electron chi connectivity index (χ3n) is 2.36. The Morgan fingerprint density at radius 1 is 1.53 bits per heavy atom. The summed E-state index contributed by atoms with van der Waals surface area (Å²) in [7, 11) is 0. The molecular formula is C12H16ClFN2O. The second-order valence-corrected chi connectivity index (χ2v) is 4.14. The minimum atomic E-state index is -0.365. The molecule has 1 amide bonds. The number of halogens is 2. The number of likely N-dealkylation sites (N-methyl/N-ethyl adjacent to an activating group) is 1. The molecule has 2 N–H and O–H groups in total. The molecule has 0 heterocycles. The highest BCUT2D eigenvalue weighted by atomic mass is 35.5. The van der Waals surface area contributed by atoms with E-state index in [1.54, 1.807) is 13.0 Å². The molecule has 94 valence electrons. The Hall–Kier alpha value is -1.13. The fourth-order valence-electron chi connectivity index (χ4n) is 1.35. The number of carbonyl (C=O) groups is 1. The molecular weight excluding hydrogens is 243 g/mol. The number of benzene rings is 1. The molecule has 0 saturated heterocycles. The van der Waals surface area contributed by atoms with Crippen LogP contribution in [0.5, 0.6) is 0 Å². The first-order valence-corrected chi connectivity index (χ1v) is 5.87. The van der Waals surface area contributed by atoms with Crippen molar-refractivity contribution in [1.29, 1.82) is 0 Å². The molecule has 0 aliphatic heterocycles. The van der Waals surface area contributed by atoms with Crippen LogP contribution in [0, 0.1) is 5.82 Å². The van der Waals surface area contributed by atoms with Gasteiger partial charge in [0.25, 0.3) is 0 Å². The SMILES string of the molecule is CCNC(=O)C(C)NCc1ccc(F)cc1Cl. The molecule has 0 aromatic heterocycles. The number of amides is 1. The van der Waals surface area contributed by atoms with Gasteiger partial charge in [0.1, 0.15) is 5.82 Å². The topological polar surface area (TPSA) is 41.1 Å². The summed E-state index contributed by atoms with van der Waals surface area (Å²) < 4.78 is 12.8. The Bertz CT molecular complexity index is 398. The number of carbonyl (C=O) groups excluding carboxylic acids is 1. The van der Waals surface area contributed by atoms with Gasteiger partial charge in [-0.3, -0.25) is 4.79 Å². The minimum absolute atomic E-state index is 0.0641. The summed E-state index contributed by atoms with van der Waals surface area (Å²) in [6.07, 6.45) is 0. The van der Waals surface area contributed by atoms with E-state index in [2.05, 4.69) is 10.6 Å². The first-order chi connectivity index (χ1) is 8.04. The van der Waals surface area contributed by atoms with Gasteiger partial charge in [-0.1, -0.05) is 17.7 Å². The Morgan fingerprint density at radius 3 is 2.82 bits per heavy atom. The third-order valence-corrected chi connectivity index (χ3v) is 2.71. The van der Waals surface area contributed by atoms with Crippen molar-refractivity contribution < 1.29 is 9.18 Å². The van der Waals surface area contributed by atoms with Gasteiger partial charge in [0.15, 0.2) is 0 Å². The van der Waals surface area contributed by atoms with E-state index in [0.717, 1.165) is 5.56 Å². The Morgan fingerprint density at radius 2 is 2.24 bits per heavy atom. The highest BCUT2D eigenvalue weighted by Crippen LogP contribution is 2.16. The maximum atomic E-state index is 12.8. The summed E-state index contributed by atoms with van der Waals surface area (Å²) in [5.74, 6) is -0.429. The Labute approximate surface area is 105 Å². The zero-order valence-electron chi connectivity index (χ0n) is 9.89. The molecule has 0 radical (unpaired) electrons. The lowest BCUT2D eigenvalue weighted by Gasteiger charge is -2.13. The minimum Gasteiger partial charge on any atom is -0.355 e. The summed E-state index contributed by atoms with van der Waals surface area (Å²) in [4.78, 5) is 11.4. The van der Waals surface area contributed by atoms with Crippen LogP contribution in [0.25, 0.3) is 0 Å². The number of nitrogens with one attached hydrogen (secondary N) is 2. The standard InChI is InChI=1S/C12H16ClFN2O/c1-3-15-12(17)8(2)16-7-9-4-5-10(14)6-11(9)13/h4-6,8,16H,3,7H2,1-2H3,(H,15,17). The fourth-order valence-corrected chi connectivity index (χ4v) is 1.58. The molecule has 0 bridgehead atoms. The van der Waals surface area contributed by atoms with Crippen LogP contribution in [0.1, 0.15) is 19.4 Å². The predicted octanol–water partition coefficient (Wildman–Crippen LogP) is 2.09. The van der Waals surface area contributed by atoms with Crippen LogP contribution in [0.3, 0.4) is 0 Å². The van der Waals surface area contributed by atoms with Gasteiger partial charge in [0, 0.05) is 18.1 Å². The molecule has 1 unspecified atom stereocenters. The zero-order chi connectivity index (χ0) is 12.8. The Balaban J connectivity index is 2.52. The summed E-state index contributed by atoms with van der Waals surface area (Å²) in [6, 6.07) is 3.90. The molecule has 17 heavy (non-hydrogen) atoms. The number of rotatable bonds is 5. The maximum Gasteiger partial charge on any atom is 0.236 e. The van der Waals surface area contributed by atoms with Gasteiger partial charge >= 0.3 is 0 Å². The highest BCUT2D eigenvalue weighted by Gasteiger charge is 2.11. The second-order valence-electron chi connectivity index (χ2n) is 3.73. The summed E-state index contributed by atoms with van der Waals surface area (Å²) in [6.45, 7) is 4.66. The van der Waals surface area contributed by atoms with Gasteiger partial charge in [-0.25, -0.2) is 4.39 Å². The lowest BCUT2D eigenvalue weighted by atomic mass is 10.2. The van der Waals surface area contributed by atoms with Gasteiger partial charge in [-0.15, -0.1) is 0 Å². The lowest BCUT2D eigenvalue weighted by Crippen LogP contribution is -2.41. The molecule has 0 spiro atoms. The van der Waals surface area contributed by atoms with Crippen molar-refractivity contribution in [1.82, 2.24) is 10.6 Å². The van der Waals surface area contributed by atoms with Crippen LogP contribution in [-0.2, 0) is 11.3 Å². The fraction of sp³-hybridized carbons (Fsp3) is 0.417. The van der Waals surface area contributed by atoms with Gasteiger partial charge in [-0.2, -0.15) is 0 Å². The van der Waals surface area contributed by atoms with Crippen molar-refractivity contribution in [3.8, 4) is 0 Å². The monoisotopic (exact) mass is 258 g/mol. The number of hydrogen-bond donors (Lipinski definition) is 2.